The summed E-state index contributed by atoms with van der Waals surface area (Å²) in [5.41, 5.74) is 0.838. The fraction of sp³-hybridized carbons (Fsp3) is 0.0667. The normalized spacial score (nSPS) is 12.3. The number of halogens is 2. The van der Waals surface area contributed by atoms with Crippen molar-refractivity contribution >= 4 is 0 Å². The molecule has 0 amide bonds. The number of pyridine rings is 1. The molecule has 1 aromatic carbocycles. The van der Waals surface area contributed by atoms with E-state index >= 15 is 0 Å². The van der Waals surface area contributed by atoms with Gasteiger partial charge in [-0.3, -0.25) is 4.98 Å². The van der Waals surface area contributed by atoms with Gasteiger partial charge in [-0.05, 0) is 18.2 Å². The molecule has 0 aliphatic heterocycles. The fourth-order valence-corrected chi connectivity index (χ4v) is 2.04. The standard InChI is InChI=1S/C15H10F2N2O2/c16-10-3-4-11(13(17)6-10)15-12(8-19-21-15)14(20)9-2-1-5-18-7-9/h1-8,14,20H. The van der Waals surface area contributed by atoms with Gasteiger partial charge in [-0.15, -0.1) is 0 Å². The second kappa shape index (κ2) is 5.41. The molecular weight excluding hydrogens is 278 g/mol. The zero-order valence-electron chi connectivity index (χ0n) is 10.7. The molecule has 3 aromatic rings. The number of aromatic nitrogens is 2. The van der Waals surface area contributed by atoms with E-state index in [9.17, 15) is 13.9 Å². The quantitative estimate of drug-likeness (QED) is 0.804. The average molecular weight is 288 g/mol. The predicted molar refractivity (Wildman–Crippen MR) is 70.2 cm³/mol. The van der Waals surface area contributed by atoms with Gasteiger partial charge in [0.1, 0.15) is 17.7 Å². The van der Waals surface area contributed by atoms with Crippen molar-refractivity contribution in [1.82, 2.24) is 10.1 Å². The highest BCUT2D eigenvalue weighted by Gasteiger charge is 2.22. The van der Waals surface area contributed by atoms with Gasteiger partial charge in [0.05, 0.1) is 17.3 Å². The van der Waals surface area contributed by atoms with Gasteiger partial charge in [0.2, 0.25) is 0 Å². The van der Waals surface area contributed by atoms with Gasteiger partial charge in [0.15, 0.2) is 5.76 Å². The number of hydrogen-bond donors (Lipinski definition) is 1. The van der Waals surface area contributed by atoms with Crippen LogP contribution in [0, 0.1) is 11.6 Å². The van der Waals surface area contributed by atoms with Crippen LogP contribution < -0.4 is 0 Å². The van der Waals surface area contributed by atoms with Crippen LogP contribution >= 0.6 is 0 Å². The minimum Gasteiger partial charge on any atom is -0.383 e. The number of aliphatic hydroxyl groups is 1. The fourth-order valence-electron chi connectivity index (χ4n) is 2.04. The molecule has 0 aliphatic carbocycles. The third-order valence-corrected chi connectivity index (χ3v) is 3.07. The molecule has 0 bridgehead atoms. The molecule has 0 aliphatic rings. The van der Waals surface area contributed by atoms with E-state index in [2.05, 4.69) is 10.1 Å². The Bertz CT molecular complexity index is 759. The monoisotopic (exact) mass is 288 g/mol. The van der Waals surface area contributed by atoms with Gasteiger partial charge < -0.3 is 9.63 Å². The summed E-state index contributed by atoms with van der Waals surface area (Å²) in [4.78, 5) is 3.91. The lowest BCUT2D eigenvalue weighted by atomic mass is 10.0. The first-order valence-electron chi connectivity index (χ1n) is 6.15. The maximum atomic E-state index is 13.8. The van der Waals surface area contributed by atoms with Crippen LogP contribution in [0.5, 0.6) is 0 Å². The molecule has 1 unspecified atom stereocenters. The zero-order valence-corrected chi connectivity index (χ0v) is 10.7. The van der Waals surface area contributed by atoms with Crippen molar-refractivity contribution in [3.05, 3.63) is 71.7 Å². The van der Waals surface area contributed by atoms with Crippen molar-refractivity contribution in [3.63, 3.8) is 0 Å². The van der Waals surface area contributed by atoms with Crippen molar-refractivity contribution in [1.29, 1.82) is 0 Å². The van der Waals surface area contributed by atoms with Gasteiger partial charge >= 0.3 is 0 Å². The first-order valence-corrected chi connectivity index (χ1v) is 6.15. The van der Waals surface area contributed by atoms with Crippen LogP contribution in [0.2, 0.25) is 0 Å². The van der Waals surface area contributed by atoms with E-state index in [0.29, 0.717) is 5.56 Å². The topological polar surface area (TPSA) is 59.2 Å². The number of benzene rings is 1. The van der Waals surface area contributed by atoms with E-state index < -0.39 is 17.7 Å². The lowest BCUT2D eigenvalue weighted by molar-refractivity contribution is 0.219. The Morgan fingerprint density at radius 1 is 1.14 bits per heavy atom. The zero-order chi connectivity index (χ0) is 14.8. The van der Waals surface area contributed by atoms with Crippen LogP contribution in [0.1, 0.15) is 17.2 Å². The summed E-state index contributed by atoms with van der Waals surface area (Å²) in [6, 6.07) is 6.45. The van der Waals surface area contributed by atoms with E-state index in [-0.39, 0.29) is 16.9 Å². The third-order valence-electron chi connectivity index (χ3n) is 3.07. The molecule has 0 saturated heterocycles. The number of rotatable bonds is 3. The highest BCUT2D eigenvalue weighted by Crippen LogP contribution is 2.33. The molecule has 1 N–H and O–H groups in total. The Balaban J connectivity index is 2.05. The molecule has 21 heavy (non-hydrogen) atoms. The van der Waals surface area contributed by atoms with E-state index in [4.69, 9.17) is 4.52 Å². The van der Waals surface area contributed by atoms with Crippen LogP contribution in [-0.2, 0) is 0 Å². The first-order chi connectivity index (χ1) is 10.2. The average Bonchev–Trinajstić information content (AvgIpc) is 2.96. The van der Waals surface area contributed by atoms with Crippen molar-refractivity contribution in [3.8, 4) is 11.3 Å². The number of aliphatic hydroxyl groups excluding tert-OH is 1. The SMILES string of the molecule is OC(c1cccnc1)c1cnoc1-c1ccc(F)cc1F. The number of nitrogens with zero attached hydrogens (tertiary/aromatic N) is 2. The Hall–Kier alpha value is -2.60. The molecular formula is C15H10F2N2O2. The van der Waals surface area contributed by atoms with Crippen molar-refractivity contribution < 1.29 is 18.4 Å². The molecule has 3 rings (SSSR count). The van der Waals surface area contributed by atoms with E-state index in [0.717, 1.165) is 12.1 Å². The number of hydrogen-bond acceptors (Lipinski definition) is 4. The molecule has 0 saturated carbocycles. The van der Waals surface area contributed by atoms with Crippen LogP contribution in [0.4, 0.5) is 8.78 Å². The van der Waals surface area contributed by atoms with Crippen LogP contribution in [0.25, 0.3) is 11.3 Å². The van der Waals surface area contributed by atoms with Crippen molar-refractivity contribution in [2.45, 2.75) is 6.10 Å². The summed E-state index contributed by atoms with van der Waals surface area (Å²) in [7, 11) is 0. The van der Waals surface area contributed by atoms with E-state index in [1.807, 2.05) is 0 Å². The van der Waals surface area contributed by atoms with Crippen molar-refractivity contribution in [2.24, 2.45) is 0 Å². The Kier molecular flexibility index (Phi) is 3.45. The van der Waals surface area contributed by atoms with Crippen LogP contribution in [-0.4, -0.2) is 15.2 Å². The minimum absolute atomic E-state index is 0.0341. The highest BCUT2D eigenvalue weighted by molar-refractivity contribution is 5.62. The summed E-state index contributed by atoms with van der Waals surface area (Å²) in [5.74, 6) is -1.42. The molecule has 2 aromatic heterocycles. The summed E-state index contributed by atoms with van der Waals surface area (Å²) >= 11 is 0. The molecule has 106 valence electrons. The Labute approximate surface area is 118 Å². The summed E-state index contributed by atoms with van der Waals surface area (Å²) in [6.45, 7) is 0. The summed E-state index contributed by atoms with van der Waals surface area (Å²) in [6.07, 6.45) is 3.30. The molecule has 0 spiro atoms. The maximum absolute atomic E-state index is 13.8. The Morgan fingerprint density at radius 3 is 2.71 bits per heavy atom. The third kappa shape index (κ3) is 2.53. The first kappa shape index (κ1) is 13.4. The largest absolute Gasteiger partial charge is 0.383 e. The van der Waals surface area contributed by atoms with Gasteiger partial charge in [0.25, 0.3) is 0 Å². The smallest absolute Gasteiger partial charge is 0.175 e. The van der Waals surface area contributed by atoms with E-state index in [1.54, 1.807) is 18.3 Å². The van der Waals surface area contributed by atoms with E-state index in [1.165, 1.54) is 18.5 Å². The van der Waals surface area contributed by atoms with Gasteiger partial charge in [-0.2, -0.15) is 0 Å². The van der Waals surface area contributed by atoms with Gasteiger partial charge in [-0.1, -0.05) is 11.2 Å². The lowest BCUT2D eigenvalue weighted by Gasteiger charge is -2.10. The minimum atomic E-state index is -1.07. The second-order valence-electron chi connectivity index (χ2n) is 4.42. The molecule has 0 radical (unpaired) electrons. The maximum Gasteiger partial charge on any atom is 0.175 e. The van der Waals surface area contributed by atoms with Crippen LogP contribution in [0.3, 0.4) is 0 Å². The molecule has 2 heterocycles. The van der Waals surface area contributed by atoms with Gasteiger partial charge in [0, 0.05) is 24.0 Å². The predicted octanol–water partition coefficient (Wildman–Crippen LogP) is 3.10. The summed E-state index contributed by atoms with van der Waals surface area (Å²) in [5, 5.41) is 13.9. The second-order valence-corrected chi connectivity index (χ2v) is 4.42. The summed E-state index contributed by atoms with van der Waals surface area (Å²) < 4.78 is 31.8. The van der Waals surface area contributed by atoms with Gasteiger partial charge in [-0.25, -0.2) is 8.78 Å². The Morgan fingerprint density at radius 2 is 2.00 bits per heavy atom. The van der Waals surface area contributed by atoms with Crippen molar-refractivity contribution in [2.75, 3.05) is 0 Å². The molecule has 6 heteroatoms. The highest BCUT2D eigenvalue weighted by atomic mass is 19.1. The lowest BCUT2D eigenvalue weighted by Crippen LogP contribution is -2.01. The van der Waals surface area contributed by atoms with Crippen LogP contribution in [0.15, 0.2) is 53.4 Å². The molecule has 4 nitrogen and oxygen atoms in total. The molecule has 0 fully saturated rings. The molecule has 1 atom stereocenters.